The van der Waals surface area contributed by atoms with E-state index in [1.165, 1.54) is 6.26 Å². The lowest BCUT2D eigenvalue weighted by atomic mass is 10.1. The van der Waals surface area contributed by atoms with Gasteiger partial charge in [0.05, 0.1) is 18.8 Å². The molecule has 1 heterocycles. The quantitative estimate of drug-likeness (QED) is 0.921. The van der Waals surface area contributed by atoms with Crippen molar-refractivity contribution in [2.75, 3.05) is 13.6 Å². The van der Waals surface area contributed by atoms with Crippen LogP contribution in [0.4, 0.5) is 0 Å². The van der Waals surface area contributed by atoms with E-state index in [0.717, 1.165) is 5.56 Å². The third-order valence-electron chi connectivity index (χ3n) is 3.47. The first-order valence-electron chi connectivity index (χ1n) is 6.82. The summed E-state index contributed by atoms with van der Waals surface area (Å²) in [6, 6.07) is 10.3. The maximum Gasteiger partial charge on any atom is 0.287 e. The molecule has 1 unspecified atom stereocenters. The summed E-state index contributed by atoms with van der Waals surface area (Å²) in [5.74, 6) is -0.422. The monoisotopic (exact) mass is 320 g/mol. The summed E-state index contributed by atoms with van der Waals surface area (Å²) in [5, 5.41) is 3.18. The molecule has 1 N–H and O–H groups in total. The molecule has 2 amide bonds. The van der Waals surface area contributed by atoms with Gasteiger partial charge in [0.1, 0.15) is 0 Å². The first-order chi connectivity index (χ1) is 10.5. The Hall–Kier alpha value is -2.27. The number of nitrogens with zero attached hydrogens (tertiary/aromatic N) is 1. The molecular formula is C16H17ClN2O3. The summed E-state index contributed by atoms with van der Waals surface area (Å²) in [6.07, 6.45) is 1.41. The Morgan fingerprint density at radius 3 is 2.55 bits per heavy atom. The van der Waals surface area contributed by atoms with Gasteiger partial charge in [0.15, 0.2) is 5.76 Å². The lowest BCUT2D eigenvalue weighted by molar-refractivity contribution is -0.130. The number of amides is 2. The fourth-order valence-electron chi connectivity index (χ4n) is 1.96. The molecule has 0 saturated carbocycles. The van der Waals surface area contributed by atoms with Crippen molar-refractivity contribution in [1.29, 1.82) is 0 Å². The van der Waals surface area contributed by atoms with Crippen LogP contribution in [-0.4, -0.2) is 30.3 Å². The second-order valence-electron chi connectivity index (χ2n) is 4.89. The number of hydrogen-bond donors (Lipinski definition) is 1. The molecule has 2 aromatic rings. The third-order valence-corrected chi connectivity index (χ3v) is 3.72. The highest BCUT2D eigenvalue weighted by Crippen LogP contribution is 2.20. The van der Waals surface area contributed by atoms with E-state index in [-0.39, 0.29) is 24.3 Å². The topological polar surface area (TPSA) is 62.6 Å². The van der Waals surface area contributed by atoms with Crippen LogP contribution in [0.5, 0.6) is 0 Å². The van der Waals surface area contributed by atoms with Crippen LogP contribution in [0.25, 0.3) is 0 Å². The number of hydrogen-bond acceptors (Lipinski definition) is 3. The third kappa shape index (κ3) is 3.89. The zero-order chi connectivity index (χ0) is 16.1. The van der Waals surface area contributed by atoms with Crippen molar-refractivity contribution in [3.05, 3.63) is 59.0 Å². The fraction of sp³-hybridized carbons (Fsp3) is 0.250. The van der Waals surface area contributed by atoms with E-state index in [0.29, 0.717) is 5.02 Å². The first kappa shape index (κ1) is 16.1. The largest absolute Gasteiger partial charge is 0.459 e. The molecule has 2 rings (SSSR count). The highest BCUT2D eigenvalue weighted by Gasteiger charge is 2.18. The van der Waals surface area contributed by atoms with Gasteiger partial charge in [-0.3, -0.25) is 9.59 Å². The Labute approximate surface area is 133 Å². The minimum absolute atomic E-state index is 0.0893. The molecule has 0 aliphatic rings. The Balaban J connectivity index is 1.91. The molecule has 6 heteroatoms. The van der Waals surface area contributed by atoms with Crippen LogP contribution in [-0.2, 0) is 4.79 Å². The Morgan fingerprint density at radius 1 is 1.27 bits per heavy atom. The molecule has 0 fully saturated rings. The first-order valence-corrected chi connectivity index (χ1v) is 7.19. The van der Waals surface area contributed by atoms with Gasteiger partial charge in [-0.1, -0.05) is 23.7 Å². The lowest BCUT2D eigenvalue weighted by Gasteiger charge is -2.25. The van der Waals surface area contributed by atoms with E-state index in [1.54, 1.807) is 36.2 Å². The van der Waals surface area contributed by atoms with Crippen LogP contribution in [0, 0.1) is 0 Å². The molecule has 0 bridgehead atoms. The van der Waals surface area contributed by atoms with E-state index < -0.39 is 5.91 Å². The SMILES string of the molecule is CC(c1ccc(Cl)cc1)N(C)C(=O)CNC(=O)c1ccco1. The summed E-state index contributed by atoms with van der Waals surface area (Å²) >= 11 is 5.85. The number of rotatable bonds is 5. The van der Waals surface area contributed by atoms with Crippen LogP contribution >= 0.6 is 11.6 Å². The molecular weight excluding hydrogens is 304 g/mol. The Bertz CT molecular complexity index is 638. The van der Waals surface area contributed by atoms with E-state index in [9.17, 15) is 9.59 Å². The van der Waals surface area contributed by atoms with Crippen molar-refractivity contribution in [2.45, 2.75) is 13.0 Å². The maximum absolute atomic E-state index is 12.2. The molecule has 22 heavy (non-hydrogen) atoms. The van der Waals surface area contributed by atoms with E-state index in [1.807, 2.05) is 19.1 Å². The molecule has 1 atom stereocenters. The average molecular weight is 321 g/mol. The number of nitrogens with one attached hydrogen (secondary N) is 1. The smallest absolute Gasteiger partial charge is 0.287 e. The molecule has 0 saturated heterocycles. The molecule has 0 aliphatic carbocycles. The summed E-state index contributed by atoms with van der Waals surface area (Å²) in [7, 11) is 1.70. The van der Waals surface area contributed by atoms with Gasteiger partial charge >= 0.3 is 0 Å². The predicted octanol–water partition coefficient (Wildman–Crippen LogP) is 2.88. The van der Waals surface area contributed by atoms with Crippen molar-refractivity contribution >= 4 is 23.4 Å². The summed E-state index contributed by atoms with van der Waals surface area (Å²) in [5.41, 5.74) is 0.970. The summed E-state index contributed by atoms with van der Waals surface area (Å²) in [6.45, 7) is 1.82. The fourth-order valence-corrected chi connectivity index (χ4v) is 2.08. The molecule has 0 radical (unpaired) electrons. The van der Waals surface area contributed by atoms with Crippen molar-refractivity contribution < 1.29 is 14.0 Å². The zero-order valence-corrected chi connectivity index (χ0v) is 13.1. The van der Waals surface area contributed by atoms with Gasteiger partial charge in [-0.2, -0.15) is 0 Å². The maximum atomic E-state index is 12.2. The standard InChI is InChI=1S/C16H17ClN2O3/c1-11(12-5-7-13(17)8-6-12)19(2)15(20)10-18-16(21)14-4-3-9-22-14/h3-9,11H,10H2,1-2H3,(H,18,21). The number of carbonyl (C=O) groups excluding carboxylic acids is 2. The van der Waals surface area contributed by atoms with Gasteiger partial charge in [-0.05, 0) is 36.8 Å². The molecule has 0 spiro atoms. The number of furan rings is 1. The number of benzene rings is 1. The molecule has 5 nitrogen and oxygen atoms in total. The van der Waals surface area contributed by atoms with Crippen molar-refractivity contribution in [2.24, 2.45) is 0 Å². The molecule has 116 valence electrons. The van der Waals surface area contributed by atoms with Gasteiger partial charge < -0.3 is 14.6 Å². The second kappa shape index (κ2) is 7.13. The van der Waals surface area contributed by atoms with Crippen molar-refractivity contribution in [3.63, 3.8) is 0 Å². The van der Waals surface area contributed by atoms with E-state index >= 15 is 0 Å². The summed E-state index contributed by atoms with van der Waals surface area (Å²) < 4.78 is 4.97. The van der Waals surface area contributed by atoms with Gasteiger partial charge in [0.25, 0.3) is 5.91 Å². The number of likely N-dealkylation sites (N-methyl/N-ethyl adjacent to an activating group) is 1. The van der Waals surface area contributed by atoms with Crippen LogP contribution in [0.2, 0.25) is 5.02 Å². The predicted molar refractivity (Wildman–Crippen MR) is 83.7 cm³/mol. The van der Waals surface area contributed by atoms with E-state index in [4.69, 9.17) is 16.0 Å². The van der Waals surface area contributed by atoms with Gasteiger partial charge in [0.2, 0.25) is 5.91 Å². The van der Waals surface area contributed by atoms with Crippen molar-refractivity contribution in [1.82, 2.24) is 10.2 Å². The number of halogens is 1. The van der Waals surface area contributed by atoms with Crippen LogP contribution in [0.15, 0.2) is 47.1 Å². The summed E-state index contributed by atoms with van der Waals surface area (Å²) in [4.78, 5) is 25.4. The van der Waals surface area contributed by atoms with Gasteiger partial charge in [-0.25, -0.2) is 0 Å². The molecule has 1 aromatic carbocycles. The van der Waals surface area contributed by atoms with Gasteiger partial charge in [-0.15, -0.1) is 0 Å². The lowest BCUT2D eigenvalue weighted by Crippen LogP contribution is -2.39. The normalized spacial score (nSPS) is 11.8. The number of carbonyl (C=O) groups is 2. The van der Waals surface area contributed by atoms with Crippen LogP contribution in [0.1, 0.15) is 29.1 Å². The average Bonchev–Trinajstić information content (AvgIpc) is 3.06. The second-order valence-corrected chi connectivity index (χ2v) is 5.33. The van der Waals surface area contributed by atoms with Crippen LogP contribution < -0.4 is 5.32 Å². The Kier molecular flexibility index (Phi) is 5.22. The molecule has 0 aliphatic heterocycles. The zero-order valence-electron chi connectivity index (χ0n) is 12.4. The highest BCUT2D eigenvalue weighted by atomic mass is 35.5. The van der Waals surface area contributed by atoms with E-state index in [2.05, 4.69) is 5.32 Å². The Morgan fingerprint density at radius 2 is 1.95 bits per heavy atom. The minimum Gasteiger partial charge on any atom is -0.459 e. The molecule has 1 aromatic heterocycles. The van der Waals surface area contributed by atoms with Crippen molar-refractivity contribution in [3.8, 4) is 0 Å². The van der Waals surface area contributed by atoms with Gasteiger partial charge in [0, 0.05) is 12.1 Å². The highest BCUT2D eigenvalue weighted by molar-refractivity contribution is 6.30. The van der Waals surface area contributed by atoms with Crippen LogP contribution in [0.3, 0.4) is 0 Å². The minimum atomic E-state index is -0.411.